The van der Waals surface area contributed by atoms with E-state index < -0.39 is 11.6 Å². The van der Waals surface area contributed by atoms with Crippen LogP contribution in [0.4, 0.5) is 13.2 Å². The number of rotatable bonds is 2. The molecule has 0 aliphatic heterocycles. The molecule has 9 heavy (non-hydrogen) atoms. The standard InChI is InChI=1S/C3H6F3NS2/c1-8-9-2(7)3(4,5)6/h2H,7H2,1H3. The molecule has 6 heteroatoms. The summed E-state index contributed by atoms with van der Waals surface area (Å²) in [6, 6.07) is 0. The number of hydrogen-bond acceptors (Lipinski definition) is 3. The van der Waals surface area contributed by atoms with Gasteiger partial charge in [0, 0.05) is 0 Å². The Morgan fingerprint density at radius 1 is 1.44 bits per heavy atom. The van der Waals surface area contributed by atoms with E-state index in [0.29, 0.717) is 10.8 Å². The van der Waals surface area contributed by atoms with E-state index in [2.05, 4.69) is 5.73 Å². The van der Waals surface area contributed by atoms with Crippen LogP contribution in [0.25, 0.3) is 0 Å². The minimum Gasteiger partial charge on any atom is -0.311 e. The number of halogens is 3. The molecule has 0 aromatic rings. The molecule has 0 amide bonds. The first-order valence-corrected chi connectivity index (χ1v) is 4.62. The predicted octanol–water partition coefficient (Wildman–Crippen LogP) is 1.84. The van der Waals surface area contributed by atoms with Crippen LogP contribution in [0, 0.1) is 0 Å². The highest BCUT2D eigenvalue weighted by molar-refractivity contribution is 8.76. The van der Waals surface area contributed by atoms with Crippen LogP contribution in [0.1, 0.15) is 0 Å². The number of nitrogens with two attached hydrogens (primary N) is 1. The van der Waals surface area contributed by atoms with Crippen molar-refractivity contribution in [2.24, 2.45) is 5.73 Å². The molecule has 1 unspecified atom stereocenters. The first kappa shape index (κ1) is 9.45. The fourth-order valence-corrected chi connectivity index (χ4v) is 1.42. The molecule has 0 aliphatic carbocycles. The summed E-state index contributed by atoms with van der Waals surface area (Å²) in [5.74, 6) is 0. The molecule has 0 spiro atoms. The second-order valence-corrected chi connectivity index (χ2v) is 3.84. The smallest absolute Gasteiger partial charge is 0.311 e. The van der Waals surface area contributed by atoms with Crippen molar-refractivity contribution in [2.45, 2.75) is 11.6 Å². The van der Waals surface area contributed by atoms with E-state index in [0.717, 1.165) is 10.8 Å². The Kier molecular flexibility index (Phi) is 3.76. The number of hydrogen-bond donors (Lipinski definition) is 1. The Hall–Kier alpha value is 0.450. The molecule has 0 aliphatic rings. The van der Waals surface area contributed by atoms with Crippen LogP contribution in [0.2, 0.25) is 0 Å². The lowest BCUT2D eigenvalue weighted by atomic mass is 10.7. The predicted molar refractivity (Wildman–Crippen MR) is 35.1 cm³/mol. The van der Waals surface area contributed by atoms with Gasteiger partial charge in [-0.15, -0.1) is 0 Å². The summed E-state index contributed by atoms with van der Waals surface area (Å²) < 4.78 is 34.4. The van der Waals surface area contributed by atoms with Gasteiger partial charge in [-0.1, -0.05) is 21.6 Å². The van der Waals surface area contributed by atoms with E-state index in [1.165, 1.54) is 0 Å². The molecule has 2 N–H and O–H groups in total. The Balaban J connectivity index is 3.59. The van der Waals surface area contributed by atoms with Crippen molar-refractivity contribution < 1.29 is 13.2 Å². The van der Waals surface area contributed by atoms with Gasteiger partial charge in [0.05, 0.1) is 0 Å². The molecule has 0 bridgehead atoms. The van der Waals surface area contributed by atoms with Crippen molar-refractivity contribution in [1.82, 2.24) is 0 Å². The lowest BCUT2D eigenvalue weighted by molar-refractivity contribution is -0.127. The third-order valence-electron chi connectivity index (χ3n) is 0.523. The Morgan fingerprint density at radius 3 is 2.00 bits per heavy atom. The molecule has 0 rings (SSSR count). The van der Waals surface area contributed by atoms with E-state index in [-0.39, 0.29) is 0 Å². The van der Waals surface area contributed by atoms with Crippen LogP contribution in [-0.2, 0) is 0 Å². The fourth-order valence-electron chi connectivity index (χ4n) is 0.158. The highest BCUT2D eigenvalue weighted by Crippen LogP contribution is 2.32. The van der Waals surface area contributed by atoms with Crippen molar-refractivity contribution >= 4 is 21.6 Å². The highest BCUT2D eigenvalue weighted by atomic mass is 33.1. The summed E-state index contributed by atoms with van der Waals surface area (Å²) in [5.41, 5.74) is 4.68. The third kappa shape index (κ3) is 3.94. The summed E-state index contributed by atoms with van der Waals surface area (Å²) in [4.78, 5) is 0. The Bertz CT molecular complexity index is 83.6. The molecular weight excluding hydrogens is 171 g/mol. The van der Waals surface area contributed by atoms with Gasteiger partial charge in [0.25, 0.3) is 0 Å². The van der Waals surface area contributed by atoms with Gasteiger partial charge in [-0.3, -0.25) is 0 Å². The van der Waals surface area contributed by atoms with Crippen molar-refractivity contribution in [1.29, 1.82) is 0 Å². The lowest BCUT2D eigenvalue weighted by Crippen LogP contribution is -2.33. The molecule has 0 fully saturated rings. The molecule has 1 atom stereocenters. The third-order valence-corrected chi connectivity index (χ3v) is 2.39. The molecular formula is C3H6F3NS2. The average Bonchev–Trinajstić information content (AvgIpc) is 1.64. The molecule has 0 radical (unpaired) electrons. The van der Waals surface area contributed by atoms with E-state index in [1.54, 1.807) is 6.26 Å². The topological polar surface area (TPSA) is 26.0 Å². The normalized spacial score (nSPS) is 15.7. The van der Waals surface area contributed by atoms with Gasteiger partial charge in [0.1, 0.15) is 0 Å². The molecule has 0 aromatic heterocycles. The summed E-state index contributed by atoms with van der Waals surface area (Å²) in [6.07, 6.45) is -2.72. The SMILES string of the molecule is CSSC(N)C(F)(F)F. The fraction of sp³-hybridized carbons (Fsp3) is 1.00. The van der Waals surface area contributed by atoms with Gasteiger partial charge in [0.15, 0.2) is 5.37 Å². The zero-order valence-corrected chi connectivity index (χ0v) is 6.24. The molecule has 0 aromatic carbocycles. The monoisotopic (exact) mass is 177 g/mol. The van der Waals surface area contributed by atoms with E-state index >= 15 is 0 Å². The van der Waals surface area contributed by atoms with Crippen molar-refractivity contribution in [3.8, 4) is 0 Å². The van der Waals surface area contributed by atoms with Gasteiger partial charge in [-0.25, -0.2) is 0 Å². The van der Waals surface area contributed by atoms with Gasteiger partial charge in [-0.05, 0) is 6.26 Å². The summed E-state index contributed by atoms with van der Waals surface area (Å²) in [6.45, 7) is 0. The molecule has 0 saturated heterocycles. The van der Waals surface area contributed by atoms with Gasteiger partial charge in [0.2, 0.25) is 0 Å². The Morgan fingerprint density at radius 2 is 1.89 bits per heavy atom. The first-order valence-electron chi connectivity index (χ1n) is 2.00. The summed E-state index contributed by atoms with van der Waals surface area (Å²) in [7, 11) is 1.62. The van der Waals surface area contributed by atoms with Crippen molar-refractivity contribution in [2.75, 3.05) is 6.26 Å². The quantitative estimate of drug-likeness (QED) is 0.515. The van der Waals surface area contributed by atoms with Crippen LogP contribution in [0.5, 0.6) is 0 Å². The van der Waals surface area contributed by atoms with E-state index in [4.69, 9.17) is 0 Å². The molecule has 56 valence electrons. The first-order chi connectivity index (χ1) is 3.98. The zero-order chi connectivity index (χ0) is 7.49. The van der Waals surface area contributed by atoms with Crippen LogP contribution in [-0.4, -0.2) is 17.8 Å². The number of alkyl halides is 3. The second kappa shape index (κ2) is 3.58. The van der Waals surface area contributed by atoms with E-state index in [1.807, 2.05) is 0 Å². The largest absolute Gasteiger partial charge is 0.413 e. The van der Waals surface area contributed by atoms with E-state index in [9.17, 15) is 13.2 Å². The van der Waals surface area contributed by atoms with Gasteiger partial charge >= 0.3 is 6.18 Å². The highest BCUT2D eigenvalue weighted by Gasteiger charge is 2.36. The Labute approximate surface area is 59.0 Å². The summed E-state index contributed by atoms with van der Waals surface area (Å²) in [5, 5.41) is -1.76. The molecule has 1 nitrogen and oxygen atoms in total. The molecule has 0 heterocycles. The summed E-state index contributed by atoms with van der Waals surface area (Å²) >= 11 is 0. The van der Waals surface area contributed by atoms with Gasteiger partial charge < -0.3 is 5.73 Å². The maximum Gasteiger partial charge on any atom is 0.413 e. The van der Waals surface area contributed by atoms with Gasteiger partial charge in [-0.2, -0.15) is 13.2 Å². The van der Waals surface area contributed by atoms with Crippen LogP contribution in [0.3, 0.4) is 0 Å². The minimum atomic E-state index is -4.27. The van der Waals surface area contributed by atoms with Crippen LogP contribution >= 0.6 is 21.6 Å². The molecule has 0 saturated carbocycles. The zero-order valence-electron chi connectivity index (χ0n) is 4.61. The van der Waals surface area contributed by atoms with Crippen molar-refractivity contribution in [3.63, 3.8) is 0 Å². The van der Waals surface area contributed by atoms with Crippen molar-refractivity contribution in [3.05, 3.63) is 0 Å². The van der Waals surface area contributed by atoms with Crippen LogP contribution in [0.15, 0.2) is 0 Å². The maximum absolute atomic E-state index is 11.5. The van der Waals surface area contributed by atoms with Crippen LogP contribution < -0.4 is 5.73 Å². The second-order valence-electron chi connectivity index (χ2n) is 1.23. The lowest BCUT2D eigenvalue weighted by Gasteiger charge is -2.12. The minimum absolute atomic E-state index is 0.608. The maximum atomic E-state index is 11.5. The average molecular weight is 177 g/mol.